The van der Waals surface area contributed by atoms with Crippen LogP contribution in [-0.2, 0) is 4.74 Å². The number of ether oxygens (including phenoxy) is 2. The van der Waals surface area contributed by atoms with E-state index in [2.05, 4.69) is 0 Å². The topological polar surface area (TPSA) is 76.0 Å². The summed E-state index contributed by atoms with van der Waals surface area (Å²) < 4.78 is 24.0. The molecule has 1 unspecified atom stereocenters. The van der Waals surface area contributed by atoms with Crippen LogP contribution in [0.3, 0.4) is 0 Å². The number of carbonyl (C=O) groups is 1. The molecule has 0 fully saturated rings. The highest BCUT2D eigenvalue weighted by atomic mass is 35.5. The lowest BCUT2D eigenvalue weighted by Crippen LogP contribution is -2.24. The van der Waals surface area contributed by atoms with Gasteiger partial charge in [0.15, 0.2) is 6.29 Å². The van der Waals surface area contributed by atoms with E-state index in [-0.39, 0.29) is 29.4 Å². The van der Waals surface area contributed by atoms with E-state index >= 15 is 0 Å². The van der Waals surface area contributed by atoms with Crippen molar-refractivity contribution < 1.29 is 28.9 Å². The van der Waals surface area contributed by atoms with Crippen LogP contribution < -0.4 is 4.74 Å². The summed E-state index contributed by atoms with van der Waals surface area (Å²) in [7, 11) is 0. The van der Waals surface area contributed by atoms with E-state index in [0.717, 1.165) is 12.1 Å². The van der Waals surface area contributed by atoms with E-state index in [1.807, 2.05) is 0 Å². The minimum absolute atomic E-state index is 0.0470. The summed E-state index contributed by atoms with van der Waals surface area (Å²) in [6.07, 6.45) is -1.37. The smallest absolute Gasteiger partial charge is 0.341 e. The molecule has 1 aromatic rings. The van der Waals surface area contributed by atoms with Gasteiger partial charge in [0.2, 0.25) is 0 Å². The third kappa shape index (κ3) is 5.49. The molecule has 0 bridgehead atoms. The summed E-state index contributed by atoms with van der Waals surface area (Å²) in [5, 5.41) is 18.0. The van der Waals surface area contributed by atoms with Gasteiger partial charge in [0.1, 0.15) is 17.2 Å². The molecule has 0 aliphatic heterocycles. The Morgan fingerprint density at radius 3 is 2.57 bits per heavy atom. The molecule has 0 saturated heterocycles. The first kappa shape index (κ1) is 17.7. The van der Waals surface area contributed by atoms with Gasteiger partial charge in [-0.05, 0) is 26.8 Å². The predicted octanol–water partition coefficient (Wildman–Crippen LogP) is 2.51. The summed E-state index contributed by atoms with van der Waals surface area (Å²) in [5.74, 6) is -1.84. The Morgan fingerprint density at radius 1 is 1.43 bits per heavy atom. The Kier molecular flexibility index (Phi) is 5.95. The fourth-order valence-corrected chi connectivity index (χ4v) is 1.63. The number of benzene rings is 1. The first-order chi connectivity index (χ1) is 9.64. The lowest BCUT2D eigenvalue weighted by atomic mass is 10.1. The van der Waals surface area contributed by atoms with Gasteiger partial charge in [0.25, 0.3) is 0 Å². The number of carbonyl (C=O) groups excluding carboxylic acids is 1. The van der Waals surface area contributed by atoms with Gasteiger partial charge in [-0.25, -0.2) is 9.18 Å². The zero-order valence-corrected chi connectivity index (χ0v) is 12.8. The predicted molar refractivity (Wildman–Crippen MR) is 74.9 cm³/mol. The molecule has 0 amide bonds. The summed E-state index contributed by atoms with van der Waals surface area (Å²) in [6.45, 7) is 4.69. The highest BCUT2D eigenvalue weighted by molar-refractivity contribution is 6.32. The Balaban J connectivity index is 2.97. The summed E-state index contributed by atoms with van der Waals surface area (Å²) >= 11 is 5.89. The third-order valence-electron chi connectivity index (χ3n) is 2.28. The van der Waals surface area contributed by atoms with Crippen LogP contribution in [0.5, 0.6) is 5.75 Å². The lowest BCUT2D eigenvalue weighted by Gasteiger charge is -2.20. The molecule has 0 radical (unpaired) electrons. The molecule has 0 aliphatic rings. The van der Waals surface area contributed by atoms with Gasteiger partial charge in [-0.1, -0.05) is 11.6 Å². The van der Waals surface area contributed by atoms with Crippen molar-refractivity contribution in [1.82, 2.24) is 0 Å². The third-order valence-corrected chi connectivity index (χ3v) is 2.57. The van der Waals surface area contributed by atoms with E-state index in [0.29, 0.717) is 0 Å². The molecule has 1 aromatic carbocycles. The average Bonchev–Trinajstić information content (AvgIpc) is 2.31. The van der Waals surface area contributed by atoms with Crippen LogP contribution in [0.15, 0.2) is 12.1 Å². The summed E-state index contributed by atoms with van der Waals surface area (Å²) in [6, 6.07) is 1.97. The van der Waals surface area contributed by atoms with E-state index in [9.17, 15) is 14.3 Å². The Morgan fingerprint density at radius 2 is 2.05 bits per heavy atom. The molecule has 0 spiro atoms. The highest BCUT2D eigenvalue weighted by Crippen LogP contribution is 2.29. The number of aliphatic hydroxyl groups excluding tert-OH is 2. The second-order valence-corrected chi connectivity index (χ2v) is 5.76. The van der Waals surface area contributed by atoms with Crippen LogP contribution in [0.2, 0.25) is 5.02 Å². The van der Waals surface area contributed by atoms with Crippen LogP contribution >= 0.6 is 11.6 Å². The standard InChI is InChI=1S/C14H18ClFO5/c1-14(2,3)21-13(19)8-6-9(15)11(7-10(8)16)20-12(18)4-5-17/h6-7,12,17-18H,4-5H2,1-3H3. The van der Waals surface area contributed by atoms with Crippen LogP contribution in [-0.4, -0.2) is 34.7 Å². The van der Waals surface area contributed by atoms with Gasteiger partial charge < -0.3 is 19.7 Å². The van der Waals surface area contributed by atoms with Gasteiger partial charge in [-0.15, -0.1) is 0 Å². The number of aliphatic hydroxyl groups is 2. The summed E-state index contributed by atoms with van der Waals surface area (Å²) in [4.78, 5) is 11.8. The fourth-order valence-electron chi connectivity index (χ4n) is 1.42. The van der Waals surface area contributed by atoms with Crippen molar-refractivity contribution in [3.05, 3.63) is 28.5 Å². The van der Waals surface area contributed by atoms with Crippen molar-refractivity contribution in [2.75, 3.05) is 6.61 Å². The van der Waals surface area contributed by atoms with Crippen LogP contribution in [0.4, 0.5) is 4.39 Å². The summed E-state index contributed by atoms with van der Waals surface area (Å²) in [5.41, 5.74) is -1.08. The first-order valence-electron chi connectivity index (χ1n) is 6.32. The molecule has 0 heterocycles. The Bertz CT molecular complexity index is 513. The van der Waals surface area contributed by atoms with Gasteiger partial charge in [-0.3, -0.25) is 0 Å². The zero-order valence-electron chi connectivity index (χ0n) is 12.0. The monoisotopic (exact) mass is 320 g/mol. The SMILES string of the molecule is CC(C)(C)OC(=O)c1cc(Cl)c(OC(O)CCO)cc1F. The van der Waals surface area contributed by atoms with E-state index < -0.39 is 23.7 Å². The second-order valence-electron chi connectivity index (χ2n) is 5.35. The van der Waals surface area contributed by atoms with Crippen molar-refractivity contribution in [3.63, 3.8) is 0 Å². The molecule has 7 heteroatoms. The molecule has 0 saturated carbocycles. The zero-order chi connectivity index (χ0) is 16.2. The van der Waals surface area contributed by atoms with Crippen molar-refractivity contribution in [3.8, 4) is 5.75 Å². The van der Waals surface area contributed by atoms with Crippen LogP contribution in [0.25, 0.3) is 0 Å². The van der Waals surface area contributed by atoms with E-state index in [4.69, 9.17) is 26.2 Å². The number of hydrogen-bond acceptors (Lipinski definition) is 5. The van der Waals surface area contributed by atoms with E-state index in [1.165, 1.54) is 0 Å². The molecule has 5 nitrogen and oxygen atoms in total. The second kappa shape index (κ2) is 7.06. The normalized spacial score (nSPS) is 12.9. The van der Waals surface area contributed by atoms with E-state index in [1.54, 1.807) is 20.8 Å². The molecule has 1 rings (SSSR count). The van der Waals surface area contributed by atoms with Gasteiger partial charge in [0, 0.05) is 19.1 Å². The molecule has 1 atom stereocenters. The first-order valence-corrected chi connectivity index (χ1v) is 6.70. The number of esters is 1. The Hall–Kier alpha value is -1.37. The average molecular weight is 321 g/mol. The van der Waals surface area contributed by atoms with Crippen molar-refractivity contribution >= 4 is 17.6 Å². The van der Waals surface area contributed by atoms with Crippen molar-refractivity contribution in [1.29, 1.82) is 0 Å². The number of hydrogen-bond donors (Lipinski definition) is 2. The molecule has 0 aliphatic carbocycles. The number of rotatable bonds is 5. The highest BCUT2D eigenvalue weighted by Gasteiger charge is 2.23. The lowest BCUT2D eigenvalue weighted by molar-refractivity contribution is -0.0328. The Labute approximate surface area is 127 Å². The molecule has 118 valence electrons. The molecule has 21 heavy (non-hydrogen) atoms. The largest absolute Gasteiger partial charge is 0.463 e. The molecular weight excluding hydrogens is 303 g/mol. The minimum Gasteiger partial charge on any atom is -0.463 e. The molecule has 0 aromatic heterocycles. The minimum atomic E-state index is -1.32. The van der Waals surface area contributed by atoms with Crippen molar-refractivity contribution in [2.24, 2.45) is 0 Å². The number of halogens is 2. The maximum absolute atomic E-state index is 13.9. The van der Waals surface area contributed by atoms with Crippen LogP contribution in [0, 0.1) is 5.82 Å². The quantitative estimate of drug-likeness (QED) is 0.644. The maximum Gasteiger partial charge on any atom is 0.341 e. The van der Waals surface area contributed by atoms with Crippen LogP contribution in [0.1, 0.15) is 37.6 Å². The van der Waals surface area contributed by atoms with Crippen molar-refractivity contribution in [2.45, 2.75) is 39.1 Å². The molecule has 2 N–H and O–H groups in total. The van der Waals surface area contributed by atoms with Gasteiger partial charge >= 0.3 is 5.97 Å². The molecular formula is C14H18ClFO5. The van der Waals surface area contributed by atoms with Gasteiger partial charge in [-0.2, -0.15) is 0 Å². The fraction of sp³-hybridized carbons (Fsp3) is 0.500. The maximum atomic E-state index is 13.9. The van der Waals surface area contributed by atoms with Gasteiger partial charge in [0.05, 0.1) is 10.6 Å².